The minimum atomic E-state index is -1.37. The van der Waals surface area contributed by atoms with Gasteiger partial charge in [0.25, 0.3) is 5.91 Å². The van der Waals surface area contributed by atoms with Crippen molar-refractivity contribution < 1.29 is 9.90 Å². The summed E-state index contributed by atoms with van der Waals surface area (Å²) in [6.07, 6.45) is 2.00. The van der Waals surface area contributed by atoms with Crippen molar-refractivity contribution in [2.45, 2.75) is 12.0 Å². The molecule has 1 fully saturated rings. The number of nitrogens with zero attached hydrogens (tertiary/aromatic N) is 2. The molecular formula is C10H11BrN2O2. The molecule has 1 N–H and O–H groups in total. The van der Waals surface area contributed by atoms with Gasteiger partial charge in [-0.3, -0.25) is 4.79 Å². The number of carbonyl (C=O) groups excluding carboxylic acids is 1. The number of likely N-dealkylation sites (tertiary alicyclic amines) is 1. The Morgan fingerprint density at radius 1 is 1.67 bits per heavy atom. The van der Waals surface area contributed by atoms with Gasteiger partial charge in [-0.05, 0) is 33.6 Å². The number of aliphatic hydroxyl groups is 1. The molecule has 0 aliphatic carbocycles. The predicted molar refractivity (Wildman–Crippen MR) is 58.1 cm³/mol. The van der Waals surface area contributed by atoms with E-state index in [-0.39, 0.29) is 5.91 Å². The fourth-order valence-electron chi connectivity index (χ4n) is 1.78. The largest absolute Gasteiger partial charge is 0.375 e. The van der Waals surface area contributed by atoms with Crippen LogP contribution >= 0.6 is 15.9 Å². The van der Waals surface area contributed by atoms with Crippen LogP contribution in [-0.2, 0) is 10.4 Å². The zero-order chi connectivity index (χ0) is 11.1. The maximum atomic E-state index is 11.8. The summed E-state index contributed by atoms with van der Waals surface area (Å²) in [6.45, 7) is 0.579. The minimum Gasteiger partial charge on any atom is -0.375 e. The van der Waals surface area contributed by atoms with Crippen molar-refractivity contribution in [3.8, 4) is 0 Å². The van der Waals surface area contributed by atoms with Crippen molar-refractivity contribution in [3.63, 3.8) is 0 Å². The first kappa shape index (κ1) is 10.6. The highest BCUT2D eigenvalue weighted by molar-refractivity contribution is 9.10. The van der Waals surface area contributed by atoms with E-state index in [9.17, 15) is 9.90 Å². The van der Waals surface area contributed by atoms with Crippen LogP contribution < -0.4 is 0 Å². The highest BCUT2D eigenvalue weighted by atomic mass is 79.9. The molecule has 15 heavy (non-hydrogen) atoms. The van der Waals surface area contributed by atoms with E-state index in [0.717, 1.165) is 0 Å². The highest BCUT2D eigenvalue weighted by Gasteiger charge is 2.45. The number of pyridine rings is 1. The second-order valence-electron chi connectivity index (χ2n) is 3.70. The lowest BCUT2D eigenvalue weighted by Crippen LogP contribution is -2.36. The summed E-state index contributed by atoms with van der Waals surface area (Å²) in [5.74, 6) is -0.249. The van der Waals surface area contributed by atoms with E-state index in [1.165, 1.54) is 4.90 Å². The standard InChI is InChI=1S/C10H11BrN2O2/c1-13-5-3-10(15,9(13)14)7-2-4-12-8(11)6-7/h2,4,6,15H,3,5H2,1H3/t10-/m1/s1. The van der Waals surface area contributed by atoms with Gasteiger partial charge < -0.3 is 10.0 Å². The lowest BCUT2D eigenvalue weighted by molar-refractivity contribution is -0.143. The van der Waals surface area contributed by atoms with Crippen LogP contribution in [-0.4, -0.2) is 34.5 Å². The van der Waals surface area contributed by atoms with E-state index >= 15 is 0 Å². The molecule has 0 spiro atoms. The van der Waals surface area contributed by atoms with Crippen molar-refractivity contribution in [3.05, 3.63) is 28.5 Å². The molecule has 1 amide bonds. The monoisotopic (exact) mass is 270 g/mol. The van der Waals surface area contributed by atoms with Gasteiger partial charge in [0, 0.05) is 26.2 Å². The fraction of sp³-hybridized carbons (Fsp3) is 0.400. The average Bonchev–Trinajstić information content (AvgIpc) is 2.48. The highest BCUT2D eigenvalue weighted by Crippen LogP contribution is 2.32. The van der Waals surface area contributed by atoms with Gasteiger partial charge in [-0.25, -0.2) is 4.98 Å². The number of hydrogen-bond acceptors (Lipinski definition) is 3. The normalized spacial score (nSPS) is 26.1. The number of rotatable bonds is 1. The molecule has 80 valence electrons. The Balaban J connectivity index is 2.42. The summed E-state index contributed by atoms with van der Waals surface area (Å²) in [4.78, 5) is 17.3. The Morgan fingerprint density at radius 2 is 2.40 bits per heavy atom. The van der Waals surface area contributed by atoms with E-state index in [1.54, 1.807) is 25.4 Å². The fourth-order valence-corrected chi connectivity index (χ4v) is 2.15. The molecule has 0 unspecified atom stereocenters. The molecule has 1 aromatic rings. The van der Waals surface area contributed by atoms with Gasteiger partial charge in [0.15, 0.2) is 5.60 Å². The molecule has 0 radical (unpaired) electrons. The summed E-state index contributed by atoms with van der Waals surface area (Å²) in [6, 6.07) is 3.35. The molecular weight excluding hydrogens is 260 g/mol. The maximum absolute atomic E-state index is 11.8. The van der Waals surface area contributed by atoms with Crippen LogP contribution in [0.25, 0.3) is 0 Å². The Morgan fingerprint density at radius 3 is 2.93 bits per heavy atom. The smallest absolute Gasteiger partial charge is 0.258 e. The lowest BCUT2D eigenvalue weighted by atomic mass is 9.93. The molecule has 0 saturated carbocycles. The predicted octanol–water partition coefficient (Wildman–Crippen LogP) is 0.894. The summed E-state index contributed by atoms with van der Waals surface area (Å²) >= 11 is 3.22. The first-order chi connectivity index (χ1) is 7.04. The van der Waals surface area contributed by atoms with E-state index in [2.05, 4.69) is 20.9 Å². The number of carbonyl (C=O) groups is 1. The molecule has 1 aliphatic heterocycles. The van der Waals surface area contributed by atoms with Crippen LogP contribution in [0.5, 0.6) is 0 Å². The first-order valence-corrected chi connectivity index (χ1v) is 5.43. The van der Waals surface area contributed by atoms with Gasteiger partial charge in [-0.15, -0.1) is 0 Å². The van der Waals surface area contributed by atoms with Crippen LogP contribution in [0, 0.1) is 0 Å². The van der Waals surface area contributed by atoms with Crippen LogP contribution in [0.2, 0.25) is 0 Å². The van der Waals surface area contributed by atoms with Gasteiger partial charge in [0.2, 0.25) is 0 Å². The van der Waals surface area contributed by atoms with Gasteiger partial charge in [-0.1, -0.05) is 0 Å². The first-order valence-electron chi connectivity index (χ1n) is 4.64. The molecule has 1 atom stereocenters. The molecule has 1 aromatic heterocycles. The van der Waals surface area contributed by atoms with Crippen LogP contribution in [0.4, 0.5) is 0 Å². The Labute approximate surface area is 96.1 Å². The van der Waals surface area contributed by atoms with E-state index < -0.39 is 5.60 Å². The van der Waals surface area contributed by atoms with E-state index in [1.807, 2.05) is 0 Å². The molecule has 1 aliphatic rings. The summed E-state index contributed by atoms with van der Waals surface area (Å²) < 4.78 is 0.621. The molecule has 2 rings (SSSR count). The van der Waals surface area contributed by atoms with Gasteiger partial charge >= 0.3 is 0 Å². The van der Waals surface area contributed by atoms with Crippen LogP contribution in [0.3, 0.4) is 0 Å². The van der Waals surface area contributed by atoms with Gasteiger partial charge in [0.1, 0.15) is 4.60 Å². The van der Waals surface area contributed by atoms with Crippen LogP contribution in [0.15, 0.2) is 22.9 Å². The summed E-state index contributed by atoms with van der Waals surface area (Å²) in [5.41, 5.74) is -0.779. The Bertz CT molecular complexity index is 410. The number of halogens is 1. The Kier molecular flexibility index (Phi) is 2.52. The summed E-state index contributed by atoms with van der Waals surface area (Å²) in [5, 5.41) is 10.3. The molecule has 4 nitrogen and oxygen atoms in total. The topological polar surface area (TPSA) is 53.4 Å². The lowest BCUT2D eigenvalue weighted by Gasteiger charge is -2.20. The number of aromatic nitrogens is 1. The molecule has 2 heterocycles. The third-order valence-corrected chi connectivity index (χ3v) is 3.15. The second-order valence-corrected chi connectivity index (χ2v) is 4.52. The number of amides is 1. The van der Waals surface area contributed by atoms with Gasteiger partial charge in [-0.2, -0.15) is 0 Å². The van der Waals surface area contributed by atoms with Crippen molar-refractivity contribution in [2.75, 3.05) is 13.6 Å². The van der Waals surface area contributed by atoms with Crippen molar-refractivity contribution in [1.82, 2.24) is 9.88 Å². The van der Waals surface area contributed by atoms with Crippen molar-refractivity contribution in [2.24, 2.45) is 0 Å². The SMILES string of the molecule is CN1CC[C@@](O)(c2ccnc(Br)c2)C1=O. The zero-order valence-electron chi connectivity index (χ0n) is 8.27. The average molecular weight is 271 g/mol. The Hall–Kier alpha value is -0.940. The number of hydrogen-bond donors (Lipinski definition) is 1. The third kappa shape index (κ3) is 1.66. The molecule has 1 saturated heterocycles. The summed E-state index contributed by atoms with van der Waals surface area (Å²) in [7, 11) is 1.69. The quantitative estimate of drug-likeness (QED) is 0.772. The maximum Gasteiger partial charge on any atom is 0.258 e. The van der Waals surface area contributed by atoms with Crippen LogP contribution in [0.1, 0.15) is 12.0 Å². The number of likely N-dealkylation sites (N-methyl/N-ethyl adjacent to an activating group) is 1. The van der Waals surface area contributed by atoms with Gasteiger partial charge in [0.05, 0.1) is 0 Å². The molecule has 0 aromatic carbocycles. The zero-order valence-corrected chi connectivity index (χ0v) is 9.86. The molecule has 0 bridgehead atoms. The molecule has 5 heteroatoms. The van der Waals surface area contributed by atoms with Crippen molar-refractivity contribution in [1.29, 1.82) is 0 Å². The second kappa shape index (κ2) is 3.57. The van der Waals surface area contributed by atoms with E-state index in [4.69, 9.17) is 0 Å². The third-order valence-electron chi connectivity index (χ3n) is 2.71. The minimum absolute atomic E-state index is 0.249. The van der Waals surface area contributed by atoms with Crippen molar-refractivity contribution >= 4 is 21.8 Å². The van der Waals surface area contributed by atoms with E-state index in [0.29, 0.717) is 23.1 Å².